The van der Waals surface area contributed by atoms with Gasteiger partial charge in [0, 0.05) is 27.2 Å². The summed E-state index contributed by atoms with van der Waals surface area (Å²) in [6, 6.07) is 49.7. The van der Waals surface area contributed by atoms with E-state index in [2.05, 4.69) is 132 Å². The molecule has 8 aromatic rings. The van der Waals surface area contributed by atoms with Crippen molar-refractivity contribution in [1.82, 2.24) is 4.57 Å². The van der Waals surface area contributed by atoms with Crippen molar-refractivity contribution >= 4 is 43.7 Å². The molecule has 0 amide bonds. The van der Waals surface area contributed by atoms with Crippen LogP contribution in [0.4, 0.5) is 0 Å². The van der Waals surface area contributed by atoms with Crippen LogP contribution in [0.25, 0.3) is 71.7 Å². The first-order valence-electron chi connectivity index (χ1n) is 12.9. The maximum absolute atomic E-state index is 6.04. The second-order valence-electron chi connectivity index (χ2n) is 9.81. The molecule has 178 valence electrons. The summed E-state index contributed by atoms with van der Waals surface area (Å²) in [5, 5.41) is 4.83. The minimum atomic E-state index is 0.923. The Morgan fingerprint density at radius 3 is 1.82 bits per heavy atom. The van der Waals surface area contributed by atoms with E-state index in [1.165, 1.54) is 49.7 Å². The minimum Gasteiger partial charge on any atom is -0.456 e. The van der Waals surface area contributed by atoms with Gasteiger partial charge < -0.3 is 8.98 Å². The summed E-state index contributed by atoms with van der Waals surface area (Å²) in [6.07, 6.45) is 0. The minimum absolute atomic E-state index is 0.923. The lowest BCUT2D eigenvalue weighted by atomic mass is 9.97. The first-order chi connectivity index (χ1) is 18.8. The highest BCUT2D eigenvalue weighted by Gasteiger charge is 2.13. The van der Waals surface area contributed by atoms with Gasteiger partial charge in [0.1, 0.15) is 11.2 Å². The molecule has 0 bridgehead atoms. The third kappa shape index (κ3) is 3.21. The van der Waals surface area contributed by atoms with Crippen molar-refractivity contribution in [3.63, 3.8) is 0 Å². The molecule has 0 aliphatic rings. The second-order valence-corrected chi connectivity index (χ2v) is 9.81. The Kier molecular flexibility index (Phi) is 4.55. The molecule has 0 saturated heterocycles. The lowest BCUT2D eigenvalue weighted by Crippen LogP contribution is -1.92. The zero-order valence-electron chi connectivity index (χ0n) is 20.6. The summed E-state index contributed by atoms with van der Waals surface area (Å²) >= 11 is 0. The van der Waals surface area contributed by atoms with Gasteiger partial charge in [-0.05, 0) is 76.9 Å². The SMILES string of the molecule is c1ccc(-n2c3ccccc3c3cc(-c4cccc(-c5ccc6oc7ccccc7c6c5)c4)ccc32)cc1. The molecule has 0 aliphatic carbocycles. The smallest absolute Gasteiger partial charge is 0.135 e. The molecule has 0 N–H and O–H groups in total. The van der Waals surface area contributed by atoms with Crippen LogP contribution in [0.2, 0.25) is 0 Å². The lowest BCUT2D eigenvalue weighted by molar-refractivity contribution is 0.669. The molecule has 0 aliphatic heterocycles. The number of rotatable bonds is 3. The average Bonchev–Trinajstić information content (AvgIpc) is 3.53. The Morgan fingerprint density at radius 2 is 0.974 bits per heavy atom. The number of benzene rings is 6. The van der Waals surface area contributed by atoms with Crippen LogP contribution in [0.15, 0.2) is 144 Å². The zero-order valence-corrected chi connectivity index (χ0v) is 20.6. The van der Waals surface area contributed by atoms with Crippen LogP contribution in [-0.4, -0.2) is 4.57 Å². The van der Waals surface area contributed by atoms with Crippen molar-refractivity contribution in [2.45, 2.75) is 0 Å². The summed E-state index contributed by atoms with van der Waals surface area (Å²) in [5.41, 5.74) is 10.3. The quantitative estimate of drug-likeness (QED) is 0.243. The average molecular weight is 486 g/mol. The fraction of sp³-hybridized carbons (Fsp3) is 0. The van der Waals surface area contributed by atoms with E-state index in [0.717, 1.165) is 21.9 Å². The Bertz CT molecular complexity index is 2130. The van der Waals surface area contributed by atoms with Gasteiger partial charge in [0.15, 0.2) is 0 Å². The number of fused-ring (bicyclic) bond motifs is 6. The number of aromatic nitrogens is 1. The van der Waals surface area contributed by atoms with Crippen LogP contribution in [0.1, 0.15) is 0 Å². The summed E-state index contributed by atoms with van der Waals surface area (Å²) in [7, 11) is 0. The standard InChI is InChI=1S/C36H23NO/c1-2-11-28(12-3-1)37-33-15-6-4-13-29(33)31-22-26(17-19-34(31)37)24-9-8-10-25(21-24)27-18-20-36-32(23-27)30-14-5-7-16-35(30)38-36/h1-23H. The lowest BCUT2D eigenvalue weighted by Gasteiger charge is -2.09. The molecule has 0 saturated carbocycles. The van der Waals surface area contributed by atoms with Crippen molar-refractivity contribution in [3.05, 3.63) is 140 Å². The highest BCUT2D eigenvalue weighted by Crippen LogP contribution is 2.37. The molecule has 0 fully saturated rings. The van der Waals surface area contributed by atoms with Gasteiger partial charge in [0.05, 0.1) is 11.0 Å². The fourth-order valence-electron chi connectivity index (χ4n) is 5.79. The van der Waals surface area contributed by atoms with Crippen molar-refractivity contribution < 1.29 is 4.42 Å². The van der Waals surface area contributed by atoms with E-state index in [1.807, 2.05) is 12.1 Å². The molecule has 2 heteroatoms. The van der Waals surface area contributed by atoms with E-state index in [9.17, 15) is 0 Å². The van der Waals surface area contributed by atoms with Crippen molar-refractivity contribution in [2.24, 2.45) is 0 Å². The highest BCUT2D eigenvalue weighted by atomic mass is 16.3. The van der Waals surface area contributed by atoms with Gasteiger partial charge in [-0.15, -0.1) is 0 Å². The fourth-order valence-corrected chi connectivity index (χ4v) is 5.79. The third-order valence-electron chi connectivity index (χ3n) is 7.59. The van der Waals surface area contributed by atoms with Crippen molar-refractivity contribution in [3.8, 4) is 27.9 Å². The first-order valence-corrected chi connectivity index (χ1v) is 12.9. The molecule has 0 spiro atoms. The topological polar surface area (TPSA) is 18.1 Å². The van der Waals surface area contributed by atoms with Gasteiger partial charge in [-0.3, -0.25) is 0 Å². The van der Waals surface area contributed by atoms with Gasteiger partial charge in [0.25, 0.3) is 0 Å². The molecule has 2 nitrogen and oxygen atoms in total. The molecule has 2 aromatic heterocycles. The molecule has 0 radical (unpaired) electrons. The molecule has 0 atom stereocenters. The van der Waals surface area contributed by atoms with Gasteiger partial charge in [-0.1, -0.05) is 84.9 Å². The van der Waals surface area contributed by atoms with Crippen LogP contribution in [-0.2, 0) is 0 Å². The van der Waals surface area contributed by atoms with Crippen LogP contribution in [0.5, 0.6) is 0 Å². The van der Waals surface area contributed by atoms with E-state index in [4.69, 9.17) is 4.42 Å². The largest absolute Gasteiger partial charge is 0.456 e. The van der Waals surface area contributed by atoms with Gasteiger partial charge in [-0.25, -0.2) is 0 Å². The van der Waals surface area contributed by atoms with Crippen LogP contribution in [0.3, 0.4) is 0 Å². The molecule has 2 heterocycles. The highest BCUT2D eigenvalue weighted by molar-refractivity contribution is 6.10. The van der Waals surface area contributed by atoms with E-state index >= 15 is 0 Å². The number of para-hydroxylation sites is 3. The van der Waals surface area contributed by atoms with Crippen LogP contribution >= 0.6 is 0 Å². The van der Waals surface area contributed by atoms with E-state index in [-0.39, 0.29) is 0 Å². The van der Waals surface area contributed by atoms with E-state index in [1.54, 1.807) is 0 Å². The van der Waals surface area contributed by atoms with Gasteiger partial charge in [0.2, 0.25) is 0 Å². The monoisotopic (exact) mass is 485 g/mol. The summed E-state index contributed by atoms with van der Waals surface area (Å²) in [6.45, 7) is 0. The predicted molar refractivity (Wildman–Crippen MR) is 159 cm³/mol. The van der Waals surface area contributed by atoms with Crippen molar-refractivity contribution in [2.75, 3.05) is 0 Å². The van der Waals surface area contributed by atoms with E-state index in [0.29, 0.717) is 0 Å². The maximum Gasteiger partial charge on any atom is 0.135 e. The second kappa shape index (κ2) is 8.22. The van der Waals surface area contributed by atoms with Crippen molar-refractivity contribution in [1.29, 1.82) is 0 Å². The molecule has 0 unspecified atom stereocenters. The Labute approximate surface area is 220 Å². The molecule has 8 rings (SSSR count). The number of nitrogens with zero attached hydrogens (tertiary/aromatic N) is 1. The predicted octanol–water partition coefficient (Wildman–Crippen LogP) is 10.0. The normalized spacial score (nSPS) is 11.7. The van der Waals surface area contributed by atoms with Crippen LogP contribution < -0.4 is 0 Å². The van der Waals surface area contributed by atoms with E-state index < -0.39 is 0 Å². The number of furan rings is 1. The van der Waals surface area contributed by atoms with Gasteiger partial charge in [-0.2, -0.15) is 0 Å². The summed E-state index contributed by atoms with van der Waals surface area (Å²) < 4.78 is 8.40. The Balaban J connectivity index is 1.27. The third-order valence-corrected chi connectivity index (χ3v) is 7.59. The van der Waals surface area contributed by atoms with Gasteiger partial charge >= 0.3 is 0 Å². The first kappa shape index (κ1) is 21.0. The zero-order chi connectivity index (χ0) is 25.1. The maximum atomic E-state index is 6.04. The van der Waals surface area contributed by atoms with Crippen LogP contribution in [0, 0.1) is 0 Å². The molecule has 6 aromatic carbocycles. The molecular formula is C36H23NO. The number of hydrogen-bond acceptors (Lipinski definition) is 1. The number of hydrogen-bond donors (Lipinski definition) is 0. The Hall–Kier alpha value is -5.08. The molecule has 38 heavy (non-hydrogen) atoms. The molecular weight excluding hydrogens is 462 g/mol. The Morgan fingerprint density at radius 1 is 0.368 bits per heavy atom. The summed E-state index contributed by atoms with van der Waals surface area (Å²) in [5.74, 6) is 0. The summed E-state index contributed by atoms with van der Waals surface area (Å²) in [4.78, 5) is 0.